The Morgan fingerprint density at radius 3 is 2.56 bits per heavy atom. The van der Waals surface area contributed by atoms with Gasteiger partial charge in [0.25, 0.3) is 0 Å². The first-order valence-corrected chi connectivity index (χ1v) is 7.09. The van der Waals surface area contributed by atoms with Crippen LogP contribution < -0.4 is 4.74 Å². The van der Waals surface area contributed by atoms with Gasteiger partial charge in [-0.15, -0.1) is 0 Å². The second-order valence-electron chi connectivity index (χ2n) is 4.48. The normalized spacial score (nSPS) is 11.1. The predicted octanol–water partition coefficient (Wildman–Crippen LogP) is 4.01. The lowest BCUT2D eigenvalue weighted by molar-refractivity contribution is -0.109. The molecule has 0 amide bonds. The molecule has 3 heteroatoms. The lowest BCUT2D eigenvalue weighted by Gasteiger charge is -2.08. The number of hydrogen-bond acceptors (Lipinski definition) is 3. The number of benzene rings is 1. The standard InChI is InChI=1S/C15H20O2S/c1-12(2)11-17-15-8-6-14(7-9-15)5-4-10-18-13(3)16/h4-9,12H,10-11H2,1-3H3. The molecule has 2 nitrogen and oxygen atoms in total. The highest BCUT2D eigenvalue weighted by molar-refractivity contribution is 8.13. The summed E-state index contributed by atoms with van der Waals surface area (Å²) in [6, 6.07) is 7.98. The Hall–Kier alpha value is -1.22. The summed E-state index contributed by atoms with van der Waals surface area (Å²) in [6.07, 6.45) is 4.01. The van der Waals surface area contributed by atoms with Gasteiger partial charge in [-0.25, -0.2) is 0 Å². The Labute approximate surface area is 113 Å². The quantitative estimate of drug-likeness (QED) is 0.776. The fourth-order valence-electron chi connectivity index (χ4n) is 1.29. The van der Waals surface area contributed by atoms with Crippen molar-refractivity contribution in [2.75, 3.05) is 12.4 Å². The molecule has 0 saturated heterocycles. The molecule has 1 aromatic carbocycles. The van der Waals surface area contributed by atoms with Gasteiger partial charge in [-0.1, -0.05) is 49.9 Å². The van der Waals surface area contributed by atoms with Crippen molar-refractivity contribution in [2.45, 2.75) is 20.8 Å². The highest BCUT2D eigenvalue weighted by Crippen LogP contribution is 2.14. The van der Waals surface area contributed by atoms with Crippen LogP contribution in [0.1, 0.15) is 26.3 Å². The Morgan fingerprint density at radius 2 is 2.00 bits per heavy atom. The van der Waals surface area contributed by atoms with Crippen LogP contribution in [-0.4, -0.2) is 17.5 Å². The van der Waals surface area contributed by atoms with E-state index in [9.17, 15) is 4.79 Å². The van der Waals surface area contributed by atoms with Gasteiger partial charge in [-0.2, -0.15) is 0 Å². The zero-order valence-corrected chi connectivity index (χ0v) is 12.0. The van der Waals surface area contributed by atoms with Crippen molar-refractivity contribution in [3.63, 3.8) is 0 Å². The van der Waals surface area contributed by atoms with E-state index in [0.29, 0.717) is 5.92 Å². The average molecular weight is 264 g/mol. The number of ether oxygens (including phenoxy) is 1. The number of thioether (sulfide) groups is 1. The van der Waals surface area contributed by atoms with Crippen molar-refractivity contribution in [1.29, 1.82) is 0 Å². The monoisotopic (exact) mass is 264 g/mol. The van der Waals surface area contributed by atoms with E-state index in [0.717, 1.165) is 23.7 Å². The minimum atomic E-state index is 0.150. The second kappa shape index (κ2) is 7.98. The fourth-order valence-corrected chi connectivity index (χ4v) is 1.71. The minimum Gasteiger partial charge on any atom is -0.493 e. The van der Waals surface area contributed by atoms with Crippen molar-refractivity contribution in [2.24, 2.45) is 5.92 Å². The molecule has 1 aromatic rings. The van der Waals surface area contributed by atoms with E-state index in [1.807, 2.05) is 36.4 Å². The maximum absolute atomic E-state index is 10.7. The lowest BCUT2D eigenvalue weighted by Crippen LogP contribution is -2.04. The van der Waals surface area contributed by atoms with Crippen LogP contribution >= 0.6 is 11.8 Å². The molecule has 0 bridgehead atoms. The van der Waals surface area contributed by atoms with Crippen molar-refractivity contribution >= 4 is 23.0 Å². The van der Waals surface area contributed by atoms with Gasteiger partial charge in [0.1, 0.15) is 5.75 Å². The van der Waals surface area contributed by atoms with Gasteiger partial charge in [0, 0.05) is 12.7 Å². The molecule has 0 spiro atoms. The first-order valence-electron chi connectivity index (χ1n) is 6.10. The summed E-state index contributed by atoms with van der Waals surface area (Å²) in [6.45, 7) is 6.58. The van der Waals surface area contributed by atoms with Crippen LogP contribution in [0.3, 0.4) is 0 Å². The summed E-state index contributed by atoms with van der Waals surface area (Å²) in [7, 11) is 0. The van der Waals surface area contributed by atoms with Crippen LogP contribution in [0.25, 0.3) is 6.08 Å². The van der Waals surface area contributed by atoms with Gasteiger partial charge < -0.3 is 4.74 Å². The molecule has 0 aromatic heterocycles. The van der Waals surface area contributed by atoms with Crippen LogP contribution in [0.2, 0.25) is 0 Å². The van der Waals surface area contributed by atoms with Crippen LogP contribution in [0.5, 0.6) is 5.75 Å². The highest BCUT2D eigenvalue weighted by Gasteiger charge is 1.96. The third kappa shape index (κ3) is 6.50. The first kappa shape index (κ1) is 14.8. The van der Waals surface area contributed by atoms with Gasteiger partial charge >= 0.3 is 0 Å². The maximum Gasteiger partial charge on any atom is 0.186 e. The summed E-state index contributed by atoms with van der Waals surface area (Å²) in [5.74, 6) is 2.16. The van der Waals surface area contributed by atoms with Crippen LogP contribution in [0.15, 0.2) is 30.3 Å². The molecule has 0 fully saturated rings. The topological polar surface area (TPSA) is 26.3 Å². The Morgan fingerprint density at radius 1 is 1.33 bits per heavy atom. The maximum atomic E-state index is 10.7. The third-order valence-corrected chi connectivity index (χ3v) is 2.92. The van der Waals surface area contributed by atoms with Crippen LogP contribution in [-0.2, 0) is 4.79 Å². The van der Waals surface area contributed by atoms with Gasteiger partial charge in [0.05, 0.1) is 6.61 Å². The fraction of sp³-hybridized carbons (Fsp3) is 0.400. The largest absolute Gasteiger partial charge is 0.493 e. The molecule has 1 rings (SSSR count). The molecular formula is C15H20O2S. The van der Waals surface area contributed by atoms with Crippen molar-refractivity contribution in [3.8, 4) is 5.75 Å². The highest BCUT2D eigenvalue weighted by atomic mass is 32.2. The van der Waals surface area contributed by atoms with Gasteiger partial charge in [-0.05, 0) is 23.6 Å². The molecule has 0 atom stereocenters. The second-order valence-corrected chi connectivity index (χ2v) is 5.68. The Bertz CT molecular complexity index is 393. The van der Waals surface area contributed by atoms with Crippen molar-refractivity contribution < 1.29 is 9.53 Å². The van der Waals surface area contributed by atoms with E-state index >= 15 is 0 Å². The molecule has 18 heavy (non-hydrogen) atoms. The number of rotatable bonds is 6. The van der Waals surface area contributed by atoms with Gasteiger partial charge in [-0.3, -0.25) is 4.79 Å². The smallest absolute Gasteiger partial charge is 0.186 e. The summed E-state index contributed by atoms with van der Waals surface area (Å²) in [5.41, 5.74) is 1.12. The average Bonchev–Trinajstić information content (AvgIpc) is 2.33. The molecule has 98 valence electrons. The van der Waals surface area contributed by atoms with Gasteiger partial charge in [0.15, 0.2) is 5.12 Å². The Balaban J connectivity index is 2.42. The minimum absolute atomic E-state index is 0.150. The van der Waals surface area contributed by atoms with E-state index in [4.69, 9.17) is 4.74 Å². The molecular weight excluding hydrogens is 244 g/mol. The molecule has 0 aliphatic heterocycles. The lowest BCUT2D eigenvalue weighted by atomic mass is 10.2. The predicted molar refractivity (Wildman–Crippen MR) is 78.9 cm³/mol. The summed E-state index contributed by atoms with van der Waals surface area (Å²) in [5, 5.41) is 0.150. The number of carbonyl (C=O) groups excluding carboxylic acids is 1. The van der Waals surface area contributed by atoms with E-state index in [2.05, 4.69) is 13.8 Å². The Kier molecular flexibility index (Phi) is 6.58. The number of hydrogen-bond donors (Lipinski definition) is 0. The summed E-state index contributed by atoms with van der Waals surface area (Å²) in [4.78, 5) is 10.7. The van der Waals surface area contributed by atoms with Crippen molar-refractivity contribution in [1.82, 2.24) is 0 Å². The molecule has 0 saturated carbocycles. The zero-order chi connectivity index (χ0) is 13.4. The third-order valence-electron chi connectivity index (χ3n) is 2.16. The van der Waals surface area contributed by atoms with E-state index in [-0.39, 0.29) is 5.12 Å². The van der Waals surface area contributed by atoms with E-state index in [1.54, 1.807) is 6.92 Å². The van der Waals surface area contributed by atoms with E-state index < -0.39 is 0 Å². The molecule has 0 aliphatic rings. The zero-order valence-electron chi connectivity index (χ0n) is 11.2. The SMILES string of the molecule is CC(=O)SCC=Cc1ccc(OCC(C)C)cc1. The van der Waals surface area contributed by atoms with Crippen LogP contribution in [0, 0.1) is 5.92 Å². The van der Waals surface area contributed by atoms with Gasteiger partial charge in [0.2, 0.25) is 0 Å². The number of carbonyl (C=O) groups is 1. The van der Waals surface area contributed by atoms with E-state index in [1.165, 1.54) is 11.8 Å². The summed E-state index contributed by atoms with van der Waals surface area (Å²) < 4.78 is 5.61. The molecule has 0 N–H and O–H groups in total. The first-order chi connectivity index (χ1) is 8.58. The molecule has 0 unspecified atom stereocenters. The molecule has 0 aliphatic carbocycles. The molecule has 0 radical (unpaired) electrons. The molecule has 0 heterocycles. The van der Waals surface area contributed by atoms with Crippen molar-refractivity contribution in [3.05, 3.63) is 35.9 Å². The van der Waals surface area contributed by atoms with Crippen LogP contribution in [0.4, 0.5) is 0 Å². The summed E-state index contributed by atoms with van der Waals surface area (Å²) >= 11 is 1.31.